The fraction of sp³-hybridized carbons (Fsp3) is 0.500. The second-order valence-electron chi connectivity index (χ2n) is 8.27. The maximum absolute atomic E-state index is 11.9. The summed E-state index contributed by atoms with van der Waals surface area (Å²) in [6.07, 6.45) is 4.36. The van der Waals surface area contributed by atoms with Crippen molar-refractivity contribution in [1.29, 1.82) is 0 Å². The van der Waals surface area contributed by atoms with Gasteiger partial charge in [-0.1, -0.05) is 11.6 Å². The van der Waals surface area contributed by atoms with Gasteiger partial charge >= 0.3 is 0 Å². The number of nitrogens with one attached hydrogen (secondary N) is 1. The summed E-state index contributed by atoms with van der Waals surface area (Å²) in [5.74, 6) is 1.69. The number of piperazine rings is 1. The summed E-state index contributed by atoms with van der Waals surface area (Å²) >= 11 is 6.23. The molecule has 2 aromatic rings. The first kappa shape index (κ1) is 20.1. The number of amides is 1. The number of rotatable bonds is 6. The molecule has 1 aliphatic heterocycles. The maximum Gasteiger partial charge on any atom is 0.234 e. The van der Waals surface area contributed by atoms with Gasteiger partial charge in [-0.2, -0.15) is 0 Å². The van der Waals surface area contributed by atoms with Crippen LogP contribution < -0.4 is 10.2 Å². The summed E-state index contributed by atoms with van der Waals surface area (Å²) < 4.78 is 0. The van der Waals surface area contributed by atoms with Crippen molar-refractivity contribution in [3.63, 3.8) is 0 Å². The van der Waals surface area contributed by atoms with E-state index in [1.165, 1.54) is 18.4 Å². The Bertz CT molecular complexity index is 858. The highest BCUT2D eigenvalue weighted by Crippen LogP contribution is 2.41. The summed E-state index contributed by atoms with van der Waals surface area (Å²) in [4.78, 5) is 25.6. The molecule has 2 aliphatic rings. The predicted octanol–water partition coefficient (Wildman–Crippen LogP) is 3.32. The van der Waals surface area contributed by atoms with Crippen LogP contribution in [0, 0.1) is 0 Å². The largest absolute Gasteiger partial charge is 0.354 e. The molecule has 1 saturated heterocycles. The van der Waals surface area contributed by atoms with Gasteiger partial charge in [-0.15, -0.1) is 0 Å². The van der Waals surface area contributed by atoms with Crippen LogP contribution in [-0.4, -0.2) is 59.5 Å². The summed E-state index contributed by atoms with van der Waals surface area (Å²) in [6, 6.07) is 8.42. The fourth-order valence-electron chi connectivity index (χ4n) is 3.75. The molecule has 1 aliphatic carbocycles. The van der Waals surface area contributed by atoms with Gasteiger partial charge in [0.25, 0.3) is 0 Å². The average Bonchev–Trinajstić information content (AvgIpc) is 3.53. The Balaban J connectivity index is 1.36. The predicted molar refractivity (Wildman–Crippen MR) is 116 cm³/mol. The van der Waals surface area contributed by atoms with Crippen LogP contribution >= 0.6 is 11.6 Å². The van der Waals surface area contributed by atoms with E-state index in [0.29, 0.717) is 17.6 Å². The number of carbonyl (C=O) groups excluding carboxylic acids is 1. The Kier molecular flexibility index (Phi) is 6.01. The molecule has 0 radical (unpaired) electrons. The van der Waals surface area contributed by atoms with Gasteiger partial charge in [-0.05, 0) is 62.4 Å². The van der Waals surface area contributed by atoms with Crippen molar-refractivity contribution in [2.24, 2.45) is 0 Å². The van der Waals surface area contributed by atoms with Crippen LogP contribution in [0.25, 0.3) is 11.3 Å². The maximum atomic E-state index is 11.9. The van der Waals surface area contributed by atoms with Gasteiger partial charge in [0.2, 0.25) is 5.91 Å². The highest BCUT2D eigenvalue weighted by molar-refractivity contribution is 6.29. The lowest BCUT2D eigenvalue weighted by Crippen LogP contribution is -2.50. The normalized spacial score (nSPS) is 17.6. The molecule has 6 nitrogen and oxygen atoms in total. The zero-order valence-electron chi connectivity index (χ0n) is 17.1. The van der Waals surface area contributed by atoms with Gasteiger partial charge in [0.15, 0.2) is 0 Å². The van der Waals surface area contributed by atoms with Gasteiger partial charge in [-0.3, -0.25) is 9.69 Å². The van der Waals surface area contributed by atoms with E-state index in [0.717, 1.165) is 43.3 Å². The molecule has 0 atom stereocenters. The number of hydrogen-bond acceptors (Lipinski definition) is 5. The van der Waals surface area contributed by atoms with Crippen molar-refractivity contribution in [2.75, 3.05) is 37.6 Å². The standard InChI is InChI=1S/C22H28ClN5O/c1-15(2)25-22(29)14-27-7-9-28(10-8-27)21-6-5-17(13-24-21)19-11-18(16-3-4-16)12-20(23)26-19/h5-6,11-13,15-16H,3-4,7-10,14H2,1-2H3,(H,25,29). The average molecular weight is 414 g/mol. The van der Waals surface area contributed by atoms with E-state index in [-0.39, 0.29) is 11.9 Å². The molecule has 154 valence electrons. The number of pyridine rings is 2. The van der Waals surface area contributed by atoms with Crippen molar-refractivity contribution in [3.05, 3.63) is 41.2 Å². The number of nitrogens with zero attached hydrogens (tertiary/aromatic N) is 4. The molecule has 2 aromatic heterocycles. The first-order valence-corrected chi connectivity index (χ1v) is 10.8. The van der Waals surface area contributed by atoms with Gasteiger partial charge in [0.1, 0.15) is 11.0 Å². The van der Waals surface area contributed by atoms with E-state index < -0.39 is 0 Å². The van der Waals surface area contributed by atoms with Gasteiger partial charge in [0, 0.05) is 44.0 Å². The lowest BCUT2D eigenvalue weighted by molar-refractivity contribution is -0.122. The van der Waals surface area contributed by atoms with E-state index in [4.69, 9.17) is 11.6 Å². The fourth-order valence-corrected chi connectivity index (χ4v) is 3.96. The second kappa shape index (κ2) is 8.67. The van der Waals surface area contributed by atoms with Crippen LogP contribution in [0.3, 0.4) is 0 Å². The van der Waals surface area contributed by atoms with Crippen molar-refractivity contribution < 1.29 is 4.79 Å². The van der Waals surface area contributed by atoms with Crippen LogP contribution in [0.5, 0.6) is 0 Å². The zero-order chi connectivity index (χ0) is 20.4. The second-order valence-corrected chi connectivity index (χ2v) is 8.66. The molecule has 7 heteroatoms. The molecule has 1 N–H and O–H groups in total. The molecular weight excluding hydrogens is 386 g/mol. The minimum Gasteiger partial charge on any atom is -0.354 e. The molecule has 3 heterocycles. The highest BCUT2D eigenvalue weighted by atomic mass is 35.5. The van der Waals surface area contributed by atoms with E-state index in [9.17, 15) is 4.79 Å². The Morgan fingerprint density at radius 2 is 1.97 bits per heavy atom. The van der Waals surface area contributed by atoms with Crippen LogP contribution in [0.15, 0.2) is 30.5 Å². The minimum absolute atomic E-state index is 0.0931. The van der Waals surface area contributed by atoms with Crippen molar-refractivity contribution >= 4 is 23.3 Å². The highest BCUT2D eigenvalue weighted by Gasteiger charge is 2.25. The topological polar surface area (TPSA) is 61.4 Å². The van der Waals surface area contributed by atoms with Crippen LogP contribution in [-0.2, 0) is 4.79 Å². The number of anilines is 1. The molecule has 0 unspecified atom stereocenters. The third kappa shape index (κ3) is 5.25. The van der Waals surface area contributed by atoms with Gasteiger partial charge in [0.05, 0.1) is 12.2 Å². The number of hydrogen-bond donors (Lipinski definition) is 1. The number of carbonyl (C=O) groups is 1. The summed E-state index contributed by atoms with van der Waals surface area (Å²) in [7, 11) is 0. The molecule has 1 saturated carbocycles. The van der Waals surface area contributed by atoms with Crippen LogP contribution in [0.1, 0.15) is 38.2 Å². The van der Waals surface area contributed by atoms with Crippen LogP contribution in [0.2, 0.25) is 5.15 Å². The van der Waals surface area contributed by atoms with Crippen molar-refractivity contribution in [1.82, 2.24) is 20.2 Å². The summed E-state index contributed by atoms with van der Waals surface area (Å²) in [5, 5.41) is 3.50. The van der Waals surface area contributed by atoms with E-state index in [2.05, 4.69) is 43.3 Å². The van der Waals surface area contributed by atoms with E-state index >= 15 is 0 Å². The molecule has 4 rings (SSSR count). The van der Waals surface area contributed by atoms with Gasteiger partial charge in [-0.25, -0.2) is 9.97 Å². The molecule has 1 amide bonds. The first-order valence-electron chi connectivity index (χ1n) is 10.4. The quantitative estimate of drug-likeness (QED) is 0.736. The molecule has 0 aromatic carbocycles. The van der Waals surface area contributed by atoms with Gasteiger partial charge < -0.3 is 10.2 Å². The third-order valence-electron chi connectivity index (χ3n) is 5.42. The number of halogens is 1. The van der Waals surface area contributed by atoms with E-state index in [1.807, 2.05) is 26.1 Å². The summed E-state index contributed by atoms with van der Waals surface area (Å²) in [5.41, 5.74) is 3.16. The Morgan fingerprint density at radius 3 is 2.59 bits per heavy atom. The molecule has 2 fully saturated rings. The van der Waals surface area contributed by atoms with E-state index in [1.54, 1.807) is 0 Å². The lowest BCUT2D eigenvalue weighted by Gasteiger charge is -2.35. The number of aromatic nitrogens is 2. The van der Waals surface area contributed by atoms with Crippen LogP contribution in [0.4, 0.5) is 5.82 Å². The Labute approximate surface area is 177 Å². The summed E-state index contributed by atoms with van der Waals surface area (Å²) in [6.45, 7) is 7.87. The Morgan fingerprint density at radius 1 is 1.21 bits per heavy atom. The molecular formula is C22H28ClN5O. The van der Waals surface area contributed by atoms with Crippen molar-refractivity contribution in [3.8, 4) is 11.3 Å². The monoisotopic (exact) mass is 413 g/mol. The molecule has 29 heavy (non-hydrogen) atoms. The minimum atomic E-state index is 0.0931. The Hall–Kier alpha value is -2.18. The smallest absolute Gasteiger partial charge is 0.234 e. The first-order chi connectivity index (χ1) is 14.0. The van der Waals surface area contributed by atoms with Crippen molar-refractivity contribution in [2.45, 2.75) is 38.6 Å². The molecule has 0 spiro atoms. The zero-order valence-corrected chi connectivity index (χ0v) is 17.8. The lowest BCUT2D eigenvalue weighted by atomic mass is 10.1. The SMILES string of the molecule is CC(C)NC(=O)CN1CCN(c2ccc(-c3cc(C4CC4)cc(Cl)n3)cn2)CC1. The third-order valence-corrected chi connectivity index (χ3v) is 5.62. The molecule has 0 bridgehead atoms.